The Morgan fingerprint density at radius 1 is 1.09 bits per heavy atom. The van der Waals surface area contributed by atoms with Gasteiger partial charge in [0.15, 0.2) is 0 Å². The first kappa shape index (κ1) is 27.3. The highest BCUT2D eigenvalue weighted by atomic mass is 32.1. The molecule has 10 nitrogen and oxygen atoms in total. The molecule has 2 saturated heterocycles. The Hall–Kier alpha value is -4.58. The molecule has 0 aliphatic carbocycles. The molecule has 43 heavy (non-hydrogen) atoms. The second kappa shape index (κ2) is 10.3. The molecule has 2 aromatic carbocycles. The van der Waals surface area contributed by atoms with Crippen molar-refractivity contribution in [3.8, 4) is 16.9 Å². The maximum Gasteiger partial charge on any atom is 0.269 e. The molecule has 7 rings (SSSR count). The number of amides is 3. The predicted molar refractivity (Wildman–Crippen MR) is 159 cm³/mol. The van der Waals surface area contributed by atoms with Gasteiger partial charge >= 0.3 is 0 Å². The first-order valence-electron chi connectivity index (χ1n) is 14.1. The number of hydrogen-bond acceptors (Lipinski definition) is 8. The average Bonchev–Trinajstić information content (AvgIpc) is 3.74. The van der Waals surface area contributed by atoms with Crippen molar-refractivity contribution in [2.24, 2.45) is 7.05 Å². The van der Waals surface area contributed by atoms with Crippen LogP contribution in [0.4, 0.5) is 10.1 Å². The standard InChI is InChI=1S/C31H28FN5O5S/c1-35-15-22(21-12-33-43-28(21)31(35)41)18-9-23(32)27(25(10-18)42-2)17-7-8-36(13-17)19-4-3-16-14-37(30(40)20(16)11-19)24-5-6-26(38)34-29(24)39/h3-4,9-12,15,17,24H,5-8,13-14H2,1-2H3,(H,34,38,39)/t17-,24-/m0/s1. The van der Waals surface area contributed by atoms with Crippen LogP contribution in [-0.2, 0) is 23.2 Å². The second-order valence-electron chi connectivity index (χ2n) is 11.3. The molecule has 5 heterocycles. The number of aromatic nitrogens is 2. The highest BCUT2D eigenvalue weighted by Crippen LogP contribution is 2.41. The van der Waals surface area contributed by atoms with Crippen LogP contribution in [0.2, 0.25) is 0 Å². The number of pyridine rings is 1. The molecule has 2 atom stereocenters. The number of methoxy groups -OCH3 is 1. The van der Waals surface area contributed by atoms with Crippen molar-refractivity contribution in [1.82, 2.24) is 19.2 Å². The van der Waals surface area contributed by atoms with Crippen molar-refractivity contribution in [3.05, 3.63) is 75.6 Å². The minimum Gasteiger partial charge on any atom is -0.496 e. The van der Waals surface area contributed by atoms with Gasteiger partial charge in [0.25, 0.3) is 11.5 Å². The highest BCUT2D eigenvalue weighted by molar-refractivity contribution is 7.13. The molecule has 2 fully saturated rings. The Morgan fingerprint density at radius 3 is 2.72 bits per heavy atom. The Kier molecular flexibility index (Phi) is 6.53. The van der Waals surface area contributed by atoms with Crippen molar-refractivity contribution in [2.75, 3.05) is 25.1 Å². The lowest BCUT2D eigenvalue weighted by atomic mass is 9.93. The van der Waals surface area contributed by atoms with Gasteiger partial charge < -0.3 is 19.1 Å². The number of nitrogens with one attached hydrogen (secondary N) is 1. The molecule has 4 aromatic rings. The zero-order valence-electron chi connectivity index (χ0n) is 23.6. The van der Waals surface area contributed by atoms with E-state index in [2.05, 4.69) is 14.6 Å². The van der Waals surface area contributed by atoms with Crippen LogP contribution in [-0.4, -0.2) is 57.8 Å². The SMILES string of the molecule is COc1cc(-c2cn(C)c(=O)c3sncc23)cc(F)c1[C@H]1CCN(c2ccc3c(c2)C(=O)N([C@H]2CCC(=O)NC2=O)C3)C1. The van der Waals surface area contributed by atoms with Gasteiger partial charge in [0.2, 0.25) is 11.8 Å². The van der Waals surface area contributed by atoms with Crippen LogP contribution in [0.25, 0.3) is 21.2 Å². The third-order valence-electron chi connectivity index (χ3n) is 8.79. The van der Waals surface area contributed by atoms with Crippen molar-refractivity contribution < 1.29 is 23.5 Å². The number of carbonyl (C=O) groups is 3. The number of piperidine rings is 1. The van der Waals surface area contributed by atoms with Crippen LogP contribution >= 0.6 is 11.5 Å². The Morgan fingerprint density at radius 2 is 1.93 bits per heavy atom. The molecule has 1 N–H and O–H groups in total. The molecule has 0 spiro atoms. The fourth-order valence-corrected chi connectivity index (χ4v) is 7.33. The minimum atomic E-state index is -0.663. The zero-order valence-corrected chi connectivity index (χ0v) is 24.4. The van der Waals surface area contributed by atoms with Crippen LogP contribution in [0.1, 0.15) is 46.7 Å². The molecule has 0 saturated carbocycles. The quantitative estimate of drug-likeness (QED) is 0.348. The number of carbonyl (C=O) groups excluding carboxylic acids is 3. The summed E-state index contributed by atoms with van der Waals surface area (Å²) in [5.41, 5.74) is 3.90. The summed E-state index contributed by atoms with van der Waals surface area (Å²) in [6.07, 6.45) is 4.54. The molecule has 12 heteroatoms. The lowest BCUT2D eigenvalue weighted by molar-refractivity contribution is -0.136. The van der Waals surface area contributed by atoms with E-state index in [9.17, 15) is 19.2 Å². The van der Waals surface area contributed by atoms with Gasteiger partial charge in [-0.25, -0.2) is 4.39 Å². The van der Waals surface area contributed by atoms with E-state index in [0.29, 0.717) is 70.6 Å². The minimum absolute atomic E-state index is 0.143. The molecular weight excluding hydrogens is 573 g/mol. The maximum atomic E-state index is 15.9. The average molecular weight is 602 g/mol. The second-order valence-corrected chi connectivity index (χ2v) is 12.1. The van der Waals surface area contributed by atoms with E-state index in [1.54, 1.807) is 19.4 Å². The summed E-state index contributed by atoms with van der Waals surface area (Å²) in [5.74, 6) is -1.06. The Labute approximate surface area is 249 Å². The predicted octanol–water partition coefficient (Wildman–Crippen LogP) is 3.56. The van der Waals surface area contributed by atoms with Crippen LogP contribution < -0.4 is 20.5 Å². The fraction of sp³-hybridized carbons (Fsp3) is 0.323. The van der Waals surface area contributed by atoms with Gasteiger partial charge in [-0.1, -0.05) is 6.07 Å². The number of rotatable bonds is 5. The van der Waals surface area contributed by atoms with E-state index in [4.69, 9.17) is 4.74 Å². The molecule has 0 unspecified atom stereocenters. The van der Waals surface area contributed by atoms with Gasteiger partial charge in [0, 0.05) is 79.2 Å². The largest absolute Gasteiger partial charge is 0.496 e. The van der Waals surface area contributed by atoms with E-state index in [1.165, 1.54) is 22.6 Å². The van der Waals surface area contributed by atoms with Crippen LogP contribution in [0.5, 0.6) is 5.75 Å². The van der Waals surface area contributed by atoms with E-state index < -0.39 is 11.9 Å². The molecular formula is C31H28FN5O5S. The molecule has 0 bridgehead atoms. The number of anilines is 1. The van der Waals surface area contributed by atoms with Crippen molar-refractivity contribution in [2.45, 2.75) is 37.8 Å². The smallest absolute Gasteiger partial charge is 0.269 e. The monoisotopic (exact) mass is 601 g/mol. The Balaban J connectivity index is 1.14. The summed E-state index contributed by atoms with van der Waals surface area (Å²) in [6.45, 7) is 1.53. The number of aryl methyl sites for hydroxylation is 1. The van der Waals surface area contributed by atoms with Gasteiger partial charge in [0.1, 0.15) is 22.3 Å². The van der Waals surface area contributed by atoms with Crippen LogP contribution in [0.15, 0.2) is 47.5 Å². The summed E-state index contributed by atoms with van der Waals surface area (Å²) < 4.78 is 27.8. The number of ether oxygens (including phenoxy) is 1. The zero-order chi connectivity index (χ0) is 30.0. The molecule has 3 aliphatic heterocycles. The number of fused-ring (bicyclic) bond motifs is 2. The molecule has 0 radical (unpaired) electrons. The molecule has 3 amide bonds. The number of imide groups is 1. The summed E-state index contributed by atoms with van der Waals surface area (Å²) in [4.78, 5) is 53.5. The molecule has 2 aromatic heterocycles. The third kappa shape index (κ3) is 4.48. The van der Waals surface area contributed by atoms with Gasteiger partial charge in [-0.3, -0.25) is 24.5 Å². The van der Waals surface area contributed by atoms with E-state index in [0.717, 1.165) is 22.8 Å². The number of benzene rings is 2. The molecule has 3 aliphatic rings. The highest BCUT2D eigenvalue weighted by Gasteiger charge is 2.39. The number of hydrogen-bond donors (Lipinski definition) is 1. The summed E-state index contributed by atoms with van der Waals surface area (Å²) in [5, 5.41) is 3.01. The summed E-state index contributed by atoms with van der Waals surface area (Å²) >= 11 is 1.12. The van der Waals surface area contributed by atoms with Crippen molar-refractivity contribution in [3.63, 3.8) is 0 Å². The van der Waals surface area contributed by atoms with Crippen LogP contribution in [0, 0.1) is 5.82 Å². The lowest BCUT2D eigenvalue weighted by Crippen LogP contribution is -2.52. The van der Waals surface area contributed by atoms with E-state index in [-0.39, 0.29) is 35.5 Å². The maximum absolute atomic E-state index is 15.9. The topological polar surface area (TPSA) is 114 Å². The van der Waals surface area contributed by atoms with Gasteiger partial charge in [0.05, 0.1) is 7.11 Å². The van der Waals surface area contributed by atoms with Crippen LogP contribution in [0.3, 0.4) is 0 Å². The first-order chi connectivity index (χ1) is 20.7. The third-order valence-corrected chi connectivity index (χ3v) is 9.58. The van der Waals surface area contributed by atoms with E-state index >= 15 is 4.39 Å². The van der Waals surface area contributed by atoms with Gasteiger partial charge in [-0.2, -0.15) is 4.37 Å². The first-order valence-corrected chi connectivity index (χ1v) is 14.8. The van der Waals surface area contributed by atoms with E-state index in [1.807, 2.05) is 24.3 Å². The number of nitrogens with zero attached hydrogens (tertiary/aromatic N) is 4. The Bertz CT molecular complexity index is 1900. The molecule has 220 valence electrons. The summed E-state index contributed by atoms with van der Waals surface area (Å²) in [6, 6.07) is 8.36. The fourth-order valence-electron chi connectivity index (χ4n) is 6.58. The summed E-state index contributed by atoms with van der Waals surface area (Å²) in [7, 11) is 3.19. The lowest BCUT2D eigenvalue weighted by Gasteiger charge is -2.29. The van der Waals surface area contributed by atoms with Gasteiger partial charge in [-0.15, -0.1) is 0 Å². The van der Waals surface area contributed by atoms with Crippen molar-refractivity contribution >= 4 is 45.0 Å². The number of halogens is 1. The van der Waals surface area contributed by atoms with Crippen molar-refractivity contribution in [1.29, 1.82) is 0 Å². The normalized spacial score (nSPS) is 20.2. The van der Waals surface area contributed by atoms with Gasteiger partial charge in [-0.05, 0) is 59.8 Å².